The third kappa shape index (κ3) is 2.69. The Balaban J connectivity index is 1.47. The molecule has 0 aliphatic carbocycles. The quantitative estimate of drug-likeness (QED) is 0.872. The molecule has 1 atom stereocenters. The number of para-hydroxylation sites is 1. The summed E-state index contributed by atoms with van der Waals surface area (Å²) in [6.45, 7) is 5.11. The summed E-state index contributed by atoms with van der Waals surface area (Å²) in [5, 5.41) is 3.53. The van der Waals surface area contributed by atoms with Gasteiger partial charge in [0.1, 0.15) is 0 Å². The van der Waals surface area contributed by atoms with Gasteiger partial charge in [0.15, 0.2) is 0 Å². The molecule has 98 valence electrons. The van der Waals surface area contributed by atoms with Crippen molar-refractivity contribution in [3.05, 3.63) is 29.8 Å². The van der Waals surface area contributed by atoms with Crippen molar-refractivity contribution >= 4 is 5.69 Å². The van der Waals surface area contributed by atoms with Crippen molar-refractivity contribution in [1.29, 1.82) is 0 Å². The Hall–Kier alpha value is -1.02. The van der Waals surface area contributed by atoms with Crippen LogP contribution in [0.3, 0.4) is 0 Å². The molecular weight excluding hydrogens is 220 g/mol. The van der Waals surface area contributed by atoms with Gasteiger partial charge in [0.05, 0.1) is 0 Å². The maximum absolute atomic E-state index is 3.53. The molecule has 0 spiro atoms. The molecule has 2 nitrogen and oxygen atoms in total. The summed E-state index contributed by atoms with van der Waals surface area (Å²) in [5.74, 6) is 0.742. The second kappa shape index (κ2) is 5.75. The van der Waals surface area contributed by atoms with Crippen molar-refractivity contribution in [2.75, 3.05) is 31.5 Å². The Morgan fingerprint density at radius 1 is 1.11 bits per heavy atom. The number of fused-ring (bicyclic) bond motifs is 1. The van der Waals surface area contributed by atoms with Crippen LogP contribution in [0.2, 0.25) is 0 Å². The van der Waals surface area contributed by atoms with Crippen LogP contribution >= 0.6 is 0 Å². The van der Waals surface area contributed by atoms with Crippen molar-refractivity contribution in [3.8, 4) is 0 Å². The smallest absolute Gasteiger partial charge is 0.0376 e. The van der Waals surface area contributed by atoms with E-state index in [2.05, 4.69) is 34.5 Å². The first kappa shape index (κ1) is 12.0. The lowest BCUT2D eigenvalue weighted by Crippen LogP contribution is -2.30. The van der Waals surface area contributed by atoms with Gasteiger partial charge in [-0.25, -0.2) is 0 Å². The van der Waals surface area contributed by atoms with E-state index in [1.54, 1.807) is 0 Å². The van der Waals surface area contributed by atoms with Crippen molar-refractivity contribution in [2.24, 2.45) is 0 Å². The van der Waals surface area contributed by atoms with Gasteiger partial charge in [-0.3, -0.25) is 0 Å². The number of nitrogens with zero attached hydrogens (tertiary/aromatic N) is 1. The average Bonchev–Trinajstić information content (AvgIpc) is 2.84. The van der Waals surface area contributed by atoms with E-state index in [4.69, 9.17) is 0 Å². The average molecular weight is 244 g/mol. The van der Waals surface area contributed by atoms with Crippen molar-refractivity contribution in [2.45, 2.75) is 38.0 Å². The maximum atomic E-state index is 3.53. The van der Waals surface area contributed by atoms with Gasteiger partial charge in [-0.1, -0.05) is 24.6 Å². The molecule has 0 bridgehead atoms. The van der Waals surface area contributed by atoms with Crippen LogP contribution in [-0.2, 0) is 0 Å². The summed E-state index contributed by atoms with van der Waals surface area (Å²) in [5.41, 5.74) is 2.90. The highest BCUT2D eigenvalue weighted by Gasteiger charge is 2.21. The molecular formula is C16H24N2. The van der Waals surface area contributed by atoms with Crippen LogP contribution < -0.4 is 5.32 Å². The molecule has 0 aromatic heterocycles. The highest BCUT2D eigenvalue weighted by molar-refractivity contribution is 5.57. The zero-order valence-electron chi connectivity index (χ0n) is 11.2. The van der Waals surface area contributed by atoms with E-state index in [0.29, 0.717) is 0 Å². The van der Waals surface area contributed by atoms with E-state index in [0.717, 1.165) is 12.5 Å². The van der Waals surface area contributed by atoms with Crippen LogP contribution in [0.15, 0.2) is 24.3 Å². The number of rotatable bonds is 4. The van der Waals surface area contributed by atoms with E-state index in [1.165, 1.54) is 63.0 Å². The molecule has 1 unspecified atom stereocenters. The molecule has 3 rings (SSSR count). The molecule has 2 aliphatic rings. The van der Waals surface area contributed by atoms with E-state index < -0.39 is 0 Å². The molecule has 1 aromatic carbocycles. The number of piperidine rings is 1. The lowest BCUT2D eigenvalue weighted by Gasteiger charge is -2.26. The first-order valence-electron chi connectivity index (χ1n) is 7.48. The number of hydrogen-bond donors (Lipinski definition) is 1. The molecule has 18 heavy (non-hydrogen) atoms. The van der Waals surface area contributed by atoms with E-state index >= 15 is 0 Å². The zero-order chi connectivity index (χ0) is 12.2. The molecule has 2 aliphatic heterocycles. The van der Waals surface area contributed by atoms with Crippen molar-refractivity contribution in [1.82, 2.24) is 4.90 Å². The minimum atomic E-state index is 0.742. The Morgan fingerprint density at radius 2 is 1.94 bits per heavy atom. The fraction of sp³-hybridized carbons (Fsp3) is 0.625. The van der Waals surface area contributed by atoms with Gasteiger partial charge in [-0.05, 0) is 56.9 Å². The lowest BCUT2D eigenvalue weighted by molar-refractivity contribution is 0.223. The second-order valence-electron chi connectivity index (χ2n) is 5.71. The fourth-order valence-electron chi connectivity index (χ4n) is 3.36. The van der Waals surface area contributed by atoms with Crippen LogP contribution in [-0.4, -0.2) is 31.1 Å². The highest BCUT2D eigenvalue weighted by atomic mass is 15.1. The summed E-state index contributed by atoms with van der Waals surface area (Å²) < 4.78 is 0. The van der Waals surface area contributed by atoms with Gasteiger partial charge in [0.2, 0.25) is 0 Å². The van der Waals surface area contributed by atoms with E-state index in [-0.39, 0.29) is 0 Å². The van der Waals surface area contributed by atoms with Gasteiger partial charge in [-0.2, -0.15) is 0 Å². The van der Waals surface area contributed by atoms with Crippen LogP contribution in [0.5, 0.6) is 0 Å². The lowest BCUT2D eigenvalue weighted by atomic mass is 9.96. The van der Waals surface area contributed by atoms with Gasteiger partial charge >= 0.3 is 0 Å². The minimum Gasteiger partial charge on any atom is -0.384 e. The number of benzene rings is 1. The number of likely N-dealkylation sites (tertiary alicyclic amines) is 1. The summed E-state index contributed by atoms with van der Waals surface area (Å²) in [6.07, 6.45) is 6.94. The summed E-state index contributed by atoms with van der Waals surface area (Å²) in [6, 6.07) is 8.80. The molecule has 1 fully saturated rings. The minimum absolute atomic E-state index is 0.742. The fourth-order valence-corrected chi connectivity index (χ4v) is 3.36. The van der Waals surface area contributed by atoms with Crippen LogP contribution in [0.25, 0.3) is 0 Å². The predicted molar refractivity (Wildman–Crippen MR) is 77.2 cm³/mol. The molecule has 1 saturated heterocycles. The van der Waals surface area contributed by atoms with Crippen LogP contribution in [0.4, 0.5) is 5.69 Å². The maximum Gasteiger partial charge on any atom is 0.0376 e. The molecule has 0 saturated carbocycles. The van der Waals surface area contributed by atoms with Gasteiger partial charge in [-0.15, -0.1) is 0 Å². The van der Waals surface area contributed by atoms with Gasteiger partial charge < -0.3 is 10.2 Å². The van der Waals surface area contributed by atoms with Crippen molar-refractivity contribution < 1.29 is 0 Å². The third-order valence-electron chi connectivity index (χ3n) is 4.42. The standard InChI is InChI=1S/C16H24N2/c1-4-10-18(11-5-1)12-6-7-14-13-17-16-9-3-2-8-15(14)16/h2-3,8-9,14,17H,1,4-7,10-13H2. The molecule has 2 heteroatoms. The monoisotopic (exact) mass is 244 g/mol. The van der Waals surface area contributed by atoms with Gasteiger partial charge in [0.25, 0.3) is 0 Å². The molecule has 1 N–H and O–H groups in total. The third-order valence-corrected chi connectivity index (χ3v) is 4.42. The van der Waals surface area contributed by atoms with E-state index in [9.17, 15) is 0 Å². The Bertz CT molecular complexity index is 382. The molecule has 0 radical (unpaired) electrons. The SMILES string of the molecule is c1ccc2c(c1)NCC2CCCN1CCCCC1. The van der Waals surface area contributed by atoms with Crippen molar-refractivity contribution in [3.63, 3.8) is 0 Å². The van der Waals surface area contributed by atoms with Gasteiger partial charge in [0, 0.05) is 18.2 Å². The summed E-state index contributed by atoms with van der Waals surface area (Å²) in [7, 11) is 0. The summed E-state index contributed by atoms with van der Waals surface area (Å²) in [4.78, 5) is 2.65. The predicted octanol–water partition coefficient (Wildman–Crippen LogP) is 3.46. The Labute approximate surface area is 110 Å². The first-order chi connectivity index (χ1) is 8.93. The Kier molecular flexibility index (Phi) is 3.84. The van der Waals surface area contributed by atoms with Crippen LogP contribution in [0.1, 0.15) is 43.6 Å². The zero-order valence-corrected chi connectivity index (χ0v) is 11.2. The van der Waals surface area contributed by atoms with Crippen LogP contribution in [0, 0.1) is 0 Å². The molecule has 0 amide bonds. The Morgan fingerprint density at radius 3 is 2.83 bits per heavy atom. The molecule has 2 heterocycles. The second-order valence-corrected chi connectivity index (χ2v) is 5.71. The van der Waals surface area contributed by atoms with E-state index in [1.807, 2.05) is 0 Å². The highest BCUT2D eigenvalue weighted by Crippen LogP contribution is 2.33. The largest absolute Gasteiger partial charge is 0.384 e. The first-order valence-corrected chi connectivity index (χ1v) is 7.48. The normalized spacial score (nSPS) is 23.7. The number of hydrogen-bond acceptors (Lipinski definition) is 2. The topological polar surface area (TPSA) is 15.3 Å². The number of nitrogens with one attached hydrogen (secondary N) is 1. The molecule has 1 aromatic rings. The summed E-state index contributed by atoms with van der Waals surface area (Å²) >= 11 is 0. The number of anilines is 1.